The van der Waals surface area contributed by atoms with Crippen LogP contribution < -0.4 is 10.6 Å². The highest BCUT2D eigenvalue weighted by Crippen LogP contribution is 2.33. The molecule has 1 heterocycles. The molecule has 2 N–H and O–H groups in total. The van der Waals surface area contributed by atoms with E-state index < -0.39 is 11.7 Å². The number of unbranched alkanes of at least 4 members (excludes halogenated alkanes) is 1. The lowest BCUT2D eigenvalue weighted by Gasteiger charge is -2.22. The SMILES string of the molecule is CCCCN(C)C(=NC)NCCNc1ncccc1C(F)(F)F. The topological polar surface area (TPSA) is 52.5 Å². The van der Waals surface area contributed by atoms with Crippen LogP contribution in [-0.2, 0) is 6.18 Å². The summed E-state index contributed by atoms with van der Waals surface area (Å²) in [6, 6.07) is 2.29. The summed E-state index contributed by atoms with van der Waals surface area (Å²) in [6.45, 7) is 3.73. The van der Waals surface area contributed by atoms with Crippen molar-refractivity contribution >= 4 is 11.8 Å². The quantitative estimate of drug-likeness (QED) is 0.458. The predicted octanol–water partition coefficient (Wildman–Crippen LogP) is 2.82. The Labute approximate surface area is 135 Å². The van der Waals surface area contributed by atoms with Crippen molar-refractivity contribution in [1.29, 1.82) is 0 Å². The van der Waals surface area contributed by atoms with Crippen molar-refractivity contribution in [3.63, 3.8) is 0 Å². The second kappa shape index (κ2) is 9.22. The van der Waals surface area contributed by atoms with E-state index in [4.69, 9.17) is 0 Å². The molecule has 8 heteroatoms. The predicted molar refractivity (Wildman–Crippen MR) is 86.6 cm³/mol. The maximum absolute atomic E-state index is 12.8. The molecule has 0 bridgehead atoms. The summed E-state index contributed by atoms with van der Waals surface area (Å²) in [6.07, 6.45) is -0.940. The molecule has 1 aromatic rings. The van der Waals surface area contributed by atoms with Crippen molar-refractivity contribution in [2.45, 2.75) is 25.9 Å². The molecule has 5 nitrogen and oxygen atoms in total. The van der Waals surface area contributed by atoms with Gasteiger partial charge in [-0.2, -0.15) is 13.2 Å². The zero-order chi connectivity index (χ0) is 17.3. The molecule has 0 amide bonds. The van der Waals surface area contributed by atoms with E-state index in [1.54, 1.807) is 7.05 Å². The van der Waals surface area contributed by atoms with Gasteiger partial charge in [-0.15, -0.1) is 0 Å². The molecule has 0 unspecified atom stereocenters. The molecule has 1 rings (SSSR count). The van der Waals surface area contributed by atoms with Crippen LogP contribution in [-0.4, -0.2) is 49.6 Å². The van der Waals surface area contributed by atoms with Crippen molar-refractivity contribution in [2.24, 2.45) is 4.99 Å². The van der Waals surface area contributed by atoms with E-state index in [2.05, 4.69) is 27.5 Å². The summed E-state index contributed by atoms with van der Waals surface area (Å²) in [4.78, 5) is 9.90. The van der Waals surface area contributed by atoms with Crippen LogP contribution in [0.25, 0.3) is 0 Å². The van der Waals surface area contributed by atoms with Crippen LogP contribution in [0, 0.1) is 0 Å². The lowest BCUT2D eigenvalue weighted by atomic mass is 10.2. The van der Waals surface area contributed by atoms with E-state index in [0.29, 0.717) is 13.1 Å². The van der Waals surface area contributed by atoms with Crippen molar-refractivity contribution in [3.05, 3.63) is 23.9 Å². The van der Waals surface area contributed by atoms with E-state index >= 15 is 0 Å². The minimum atomic E-state index is -4.42. The maximum Gasteiger partial charge on any atom is 0.419 e. The average molecular weight is 331 g/mol. The van der Waals surface area contributed by atoms with Crippen LogP contribution in [0.5, 0.6) is 0 Å². The minimum Gasteiger partial charge on any atom is -0.368 e. The molecule has 0 saturated carbocycles. The lowest BCUT2D eigenvalue weighted by Crippen LogP contribution is -2.41. The van der Waals surface area contributed by atoms with Crippen molar-refractivity contribution in [2.75, 3.05) is 39.0 Å². The van der Waals surface area contributed by atoms with Crippen LogP contribution in [0.3, 0.4) is 0 Å². The normalized spacial score (nSPS) is 12.2. The van der Waals surface area contributed by atoms with Crippen LogP contribution in [0.2, 0.25) is 0 Å². The molecule has 0 radical (unpaired) electrons. The zero-order valence-corrected chi connectivity index (χ0v) is 13.7. The highest BCUT2D eigenvalue weighted by atomic mass is 19.4. The minimum absolute atomic E-state index is 0.156. The van der Waals surface area contributed by atoms with Gasteiger partial charge in [0.05, 0.1) is 5.56 Å². The number of guanidine groups is 1. The van der Waals surface area contributed by atoms with Gasteiger partial charge < -0.3 is 15.5 Å². The number of nitrogens with zero attached hydrogens (tertiary/aromatic N) is 3. The molecule has 0 atom stereocenters. The van der Waals surface area contributed by atoms with Crippen molar-refractivity contribution in [1.82, 2.24) is 15.2 Å². The van der Waals surface area contributed by atoms with Gasteiger partial charge in [0, 0.05) is 39.9 Å². The Morgan fingerprint density at radius 3 is 2.70 bits per heavy atom. The van der Waals surface area contributed by atoms with Crippen LogP contribution in [0.4, 0.5) is 19.0 Å². The summed E-state index contributed by atoms with van der Waals surface area (Å²) in [7, 11) is 3.61. The first-order valence-electron chi connectivity index (χ1n) is 7.58. The average Bonchev–Trinajstić information content (AvgIpc) is 2.52. The van der Waals surface area contributed by atoms with Crippen molar-refractivity contribution < 1.29 is 13.2 Å². The van der Waals surface area contributed by atoms with Gasteiger partial charge in [-0.3, -0.25) is 4.99 Å². The van der Waals surface area contributed by atoms with Gasteiger partial charge in [0.15, 0.2) is 5.96 Å². The number of hydrogen-bond acceptors (Lipinski definition) is 3. The first-order chi connectivity index (χ1) is 10.9. The Balaban J connectivity index is 2.49. The third-order valence-corrected chi connectivity index (χ3v) is 3.23. The number of anilines is 1. The van der Waals surface area contributed by atoms with Crippen molar-refractivity contribution in [3.8, 4) is 0 Å². The highest BCUT2D eigenvalue weighted by Gasteiger charge is 2.33. The second-order valence-corrected chi connectivity index (χ2v) is 5.07. The highest BCUT2D eigenvalue weighted by molar-refractivity contribution is 5.79. The number of nitrogens with one attached hydrogen (secondary N) is 2. The summed E-state index contributed by atoms with van der Waals surface area (Å²) < 4.78 is 38.5. The third-order valence-electron chi connectivity index (χ3n) is 3.23. The molecule has 1 aromatic heterocycles. The van der Waals surface area contributed by atoms with E-state index in [1.165, 1.54) is 12.3 Å². The Kier molecular flexibility index (Phi) is 7.64. The number of rotatable bonds is 7. The standard InChI is InChI=1S/C15H24F3N5/c1-4-5-11-23(3)14(19-2)22-10-9-21-13-12(15(16,17)18)7-6-8-20-13/h6-8H,4-5,9-11H2,1-3H3,(H,19,22)(H,20,21). The third kappa shape index (κ3) is 6.33. The summed E-state index contributed by atoms with van der Waals surface area (Å²) in [5.41, 5.74) is -0.760. The Hall–Kier alpha value is -1.99. The summed E-state index contributed by atoms with van der Waals surface area (Å²) >= 11 is 0. The first-order valence-corrected chi connectivity index (χ1v) is 7.58. The van der Waals surface area contributed by atoms with E-state index in [0.717, 1.165) is 31.4 Å². The molecule has 23 heavy (non-hydrogen) atoms. The molecular formula is C15H24F3N5. The van der Waals surface area contributed by atoms with E-state index in [1.807, 2.05) is 11.9 Å². The van der Waals surface area contributed by atoms with Gasteiger partial charge in [0.25, 0.3) is 0 Å². The molecule has 130 valence electrons. The molecule has 0 saturated heterocycles. The van der Waals surface area contributed by atoms with E-state index in [9.17, 15) is 13.2 Å². The Morgan fingerprint density at radius 2 is 2.09 bits per heavy atom. The van der Waals surface area contributed by atoms with Gasteiger partial charge in [-0.25, -0.2) is 4.98 Å². The molecule has 0 aromatic carbocycles. The molecule has 0 aliphatic heterocycles. The Bertz CT molecular complexity index is 502. The molecule has 0 aliphatic rings. The zero-order valence-electron chi connectivity index (χ0n) is 13.7. The summed E-state index contributed by atoms with van der Waals surface area (Å²) in [5, 5.41) is 5.83. The molecule has 0 spiro atoms. The van der Waals surface area contributed by atoms with Crippen LogP contribution >= 0.6 is 0 Å². The second-order valence-electron chi connectivity index (χ2n) is 5.07. The van der Waals surface area contributed by atoms with Crippen LogP contribution in [0.15, 0.2) is 23.3 Å². The van der Waals surface area contributed by atoms with Crippen LogP contribution in [0.1, 0.15) is 25.3 Å². The lowest BCUT2D eigenvalue weighted by molar-refractivity contribution is -0.137. The fourth-order valence-corrected chi connectivity index (χ4v) is 2.02. The van der Waals surface area contributed by atoms with Gasteiger partial charge >= 0.3 is 6.18 Å². The number of pyridine rings is 1. The first kappa shape index (κ1) is 19.1. The summed E-state index contributed by atoms with van der Waals surface area (Å²) in [5.74, 6) is 0.563. The smallest absolute Gasteiger partial charge is 0.368 e. The number of aromatic nitrogens is 1. The Morgan fingerprint density at radius 1 is 1.35 bits per heavy atom. The van der Waals surface area contributed by atoms with Gasteiger partial charge in [0.1, 0.15) is 5.82 Å². The number of hydrogen-bond donors (Lipinski definition) is 2. The number of halogens is 3. The fraction of sp³-hybridized carbons (Fsp3) is 0.600. The largest absolute Gasteiger partial charge is 0.419 e. The maximum atomic E-state index is 12.8. The number of alkyl halides is 3. The molecule has 0 fully saturated rings. The van der Waals surface area contributed by atoms with E-state index in [-0.39, 0.29) is 5.82 Å². The monoisotopic (exact) mass is 331 g/mol. The number of aliphatic imine (C=N–C) groups is 1. The molecule has 0 aliphatic carbocycles. The van der Waals surface area contributed by atoms with Gasteiger partial charge in [-0.1, -0.05) is 13.3 Å². The fourth-order valence-electron chi connectivity index (χ4n) is 2.02. The van der Waals surface area contributed by atoms with Gasteiger partial charge in [-0.05, 0) is 18.6 Å². The molecular weight excluding hydrogens is 307 g/mol. The van der Waals surface area contributed by atoms with Gasteiger partial charge in [0.2, 0.25) is 0 Å².